The molecule has 2 aliphatic heterocycles. The molecule has 6 heteroatoms. The van der Waals surface area contributed by atoms with Gasteiger partial charge in [0.25, 0.3) is 0 Å². The third-order valence-corrected chi connectivity index (χ3v) is 6.78. The van der Waals surface area contributed by atoms with Gasteiger partial charge in [0.15, 0.2) is 9.84 Å². The van der Waals surface area contributed by atoms with E-state index in [9.17, 15) is 13.2 Å². The van der Waals surface area contributed by atoms with Crippen LogP contribution in [0.3, 0.4) is 0 Å². The maximum absolute atomic E-state index is 12.4. The van der Waals surface area contributed by atoms with Crippen LogP contribution in [-0.2, 0) is 26.6 Å². The summed E-state index contributed by atoms with van der Waals surface area (Å²) >= 11 is 0. The van der Waals surface area contributed by atoms with Gasteiger partial charge in [-0.15, -0.1) is 0 Å². The van der Waals surface area contributed by atoms with E-state index >= 15 is 0 Å². The summed E-state index contributed by atoms with van der Waals surface area (Å²) in [6.07, 6.45) is 1.40. The molecule has 1 fully saturated rings. The van der Waals surface area contributed by atoms with Crippen LogP contribution in [-0.4, -0.2) is 38.1 Å². The monoisotopic (exact) mass is 308 g/mol. The Labute approximate surface area is 125 Å². The van der Waals surface area contributed by atoms with Crippen molar-refractivity contribution in [3.05, 3.63) is 29.3 Å². The zero-order valence-electron chi connectivity index (χ0n) is 12.1. The van der Waals surface area contributed by atoms with Crippen LogP contribution in [0.15, 0.2) is 23.1 Å². The average Bonchev–Trinajstić information content (AvgIpc) is 2.67. The minimum atomic E-state index is -3.22. The maximum atomic E-state index is 12.4. The standard InChI is InChI=1S/C15H20N2O3S/c1-11(18)17-6-4-15(5-7-17)10-21(19,20)14-3-2-12(9-16)8-13(14)15/h2-3,8H,4-7,9-10,16H2,1H3. The van der Waals surface area contributed by atoms with Gasteiger partial charge < -0.3 is 10.6 Å². The Morgan fingerprint density at radius 2 is 2.00 bits per heavy atom. The highest BCUT2D eigenvalue weighted by molar-refractivity contribution is 7.91. The number of rotatable bonds is 1. The van der Waals surface area contributed by atoms with Crippen molar-refractivity contribution < 1.29 is 13.2 Å². The van der Waals surface area contributed by atoms with Gasteiger partial charge in [-0.1, -0.05) is 12.1 Å². The van der Waals surface area contributed by atoms with Gasteiger partial charge in [0.05, 0.1) is 10.6 Å². The Hall–Kier alpha value is -1.40. The van der Waals surface area contributed by atoms with Crippen LogP contribution in [0.4, 0.5) is 0 Å². The van der Waals surface area contributed by atoms with Crippen LogP contribution < -0.4 is 5.73 Å². The molecule has 0 bridgehead atoms. The number of sulfone groups is 1. The van der Waals surface area contributed by atoms with Crippen molar-refractivity contribution in [1.82, 2.24) is 4.90 Å². The molecule has 5 nitrogen and oxygen atoms in total. The zero-order chi connectivity index (χ0) is 15.3. The molecule has 0 saturated carbocycles. The smallest absolute Gasteiger partial charge is 0.219 e. The average molecular weight is 308 g/mol. The van der Waals surface area contributed by atoms with Crippen LogP contribution >= 0.6 is 0 Å². The van der Waals surface area contributed by atoms with E-state index in [1.165, 1.54) is 0 Å². The number of hydrogen-bond donors (Lipinski definition) is 1. The van der Waals surface area contributed by atoms with E-state index in [0.29, 0.717) is 37.4 Å². The number of nitrogens with two attached hydrogens (primary N) is 1. The van der Waals surface area contributed by atoms with Gasteiger partial charge in [-0.3, -0.25) is 4.79 Å². The van der Waals surface area contributed by atoms with Crippen molar-refractivity contribution in [3.63, 3.8) is 0 Å². The van der Waals surface area contributed by atoms with E-state index in [1.807, 2.05) is 6.07 Å². The highest BCUT2D eigenvalue weighted by Crippen LogP contribution is 2.46. The topological polar surface area (TPSA) is 80.5 Å². The Bertz CT molecular complexity index is 689. The van der Waals surface area contributed by atoms with Crippen molar-refractivity contribution in [2.24, 2.45) is 5.73 Å². The molecule has 2 N–H and O–H groups in total. The lowest BCUT2D eigenvalue weighted by molar-refractivity contribution is -0.130. The van der Waals surface area contributed by atoms with Gasteiger partial charge in [0, 0.05) is 32.0 Å². The fourth-order valence-corrected chi connectivity index (χ4v) is 5.79. The second-order valence-corrected chi connectivity index (χ2v) is 8.04. The summed E-state index contributed by atoms with van der Waals surface area (Å²) in [5, 5.41) is 0. The van der Waals surface area contributed by atoms with Gasteiger partial charge in [0.1, 0.15) is 0 Å². The number of benzene rings is 1. The van der Waals surface area contributed by atoms with Gasteiger partial charge in [-0.2, -0.15) is 0 Å². The number of piperidine rings is 1. The summed E-state index contributed by atoms with van der Waals surface area (Å²) in [7, 11) is -3.22. The van der Waals surface area contributed by atoms with Crippen molar-refractivity contribution >= 4 is 15.7 Å². The van der Waals surface area contributed by atoms with Crippen LogP contribution in [0.5, 0.6) is 0 Å². The second kappa shape index (κ2) is 4.81. The van der Waals surface area contributed by atoms with Crippen LogP contribution in [0.1, 0.15) is 30.9 Å². The fourth-order valence-electron chi connectivity index (χ4n) is 3.57. The van der Waals surface area contributed by atoms with Crippen molar-refractivity contribution in [2.45, 2.75) is 36.6 Å². The van der Waals surface area contributed by atoms with E-state index in [-0.39, 0.29) is 17.1 Å². The summed E-state index contributed by atoms with van der Waals surface area (Å²) in [5.74, 6) is 0.219. The highest BCUT2D eigenvalue weighted by Gasteiger charge is 2.48. The summed E-state index contributed by atoms with van der Waals surface area (Å²) in [5.41, 5.74) is 7.22. The van der Waals surface area contributed by atoms with E-state index in [2.05, 4.69) is 0 Å². The first-order valence-corrected chi connectivity index (χ1v) is 8.85. The molecule has 0 atom stereocenters. The molecule has 114 valence electrons. The molecule has 1 saturated heterocycles. The number of carbonyl (C=O) groups is 1. The Morgan fingerprint density at radius 1 is 1.33 bits per heavy atom. The third kappa shape index (κ3) is 2.26. The SMILES string of the molecule is CC(=O)N1CCC2(CC1)CS(=O)(=O)c1ccc(CN)cc12. The number of carbonyl (C=O) groups excluding carboxylic acids is 1. The summed E-state index contributed by atoms with van der Waals surface area (Å²) in [6, 6.07) is 5.43. The van der Waals surface area contributed by atoms with E-state index in [1.54, 1.807) is 24.0 Å². The molecule has 0 aliphatic carbocycles. The molecule has 0 radical (unpaired) electrons. The quantitative estimate of drug-likeness (QED) is 0.832. The predicted molar refractivity (Wildman–Crippen MR) is 79.6 cm³/mol. The molecule has 3 rings (SSSR count). The molecule has 1 aromatic rings. The molecule has 0 aromatic heterocycles. The first-order chi connectivity index (χ1) is 9.88. The van der Waals surface area contributed by atoms with Gasteiger partial charge >= 0.3 is 0 Å². The minimum Gasteiger partial charge on any atom is -0.343 e. The maximum Gasteiger partial charge on any atom is 0.219 e. The van der Waals surface area contributed by atoms with Gasteiger partial charge in [-0.25, -0.2) is 8.42 Å². The predicted octanol–water partition coefficient (Wildman–Crippen LogP) is 0.813. The van der Waals surface area contributed by atoms with E-state index < -0.39 is 9.84 Å². The van der Waals surface area contributed by atoms with Crippen LogP contribution in [0.25, 0.3) is 0 Å². The molecule has 1 spiro atoms. The highest BCUT2D eigenvalue weighted by atomic mass is 32.2. The first kappa shape index (κ1) is 14.5. The Kier molecular flexibility index (Phi) is 3.33. The lowest BCUT2D eigenvalue weighted by Gasteiger charge is -2.39. The lowest BCUT2D eigenvalue weighted by Crippen LogP contribution is -2.45. The molecule has 1 aromatic carbocycles. The van der Waals surface area contributed by atoms with Gasteiger partial charge in [0.2, 0.25) is 5.91 Å². The minimum absolute atomic E-state index is 0.0571. The van der Waals surface area contributed by atoms with E-state index in [4.69, 9.17) is 5.73 Å². The second-order valence-electron chi connectivity index (χ2n) is 6.08. The number of nitrogens with zero attached hydrogens (tertiary/aromatic N) is 1. The first-order valence-electron chi connectivity index (χ1n) is 7.20. The fraction of sp³-hybridized carbons (Fsp3) is 0.533. The number of hydrogen-bond acceptors (Lipinski definition) is 4. The summed E-state index contributed by atoms with van der Waals surface area (Å²) in [6.45, 7) is 3.21. The molecular weight excluding hydrogens is 288 g/mol. The Balaban J connectivity index is 2.02. The molecule has 2 heterocycles. The number of likely N-dealkylation sites (tertiary alicyclic amines) is 1. The van der Waals surface area contributed by atoms with Crippen molar-refractivity contribution in [1.29, 1.82) is 0 Å². The lowest BCUT2D eigenvalue weighted by atomic mass is 9.74. The van der Waals surface area contributed by atoms with Gasteiger partial charge in [-0.05, 0) is 30.0 Å². The molecule has 0 unspecified atom stereocenters. The number of fused-ring (bicyclic) bond motifs is 2. The van der Waals surface area contributed by atoms with Crippen LogP contribution in [0, 0.1) is 0 Å². The molecular formula is C15H20N2O3S. The van der Waals surface area contributed by atoms with Crippen molar-refractivity contribution in [2.75, 3.05) is 18.8 Å². The Morgan fingerprint density at radius 3 is 2.57 bits per heavy atom. The largest absolute Gasteiger partial charge is 0.343 e. The summed E-state index contributed by atoms with van der Waals surface area (Å²) in [4.78, 5) is 13.7. The molecule has 2 aliphatic rings. The molecule has 1 amide bonds. The zero-order valence-corrected chi connectivity index (χ0v) is 12.9. The normalized spacial score (nSPS) is 22.3. The molecule has 21 heavy (non-hydrogen) atoms. The van der Waals surface area contributed by atoms with E-state index in [0.717, 1.165) is 11.1 Å². The van der Waals surface area contributed by atoms with Crippen LogP contribution in [0.2, 0.25) is 0 Å². The van der Waals surface area contributed by atoms with Crippen molar-refractivity contribution in [3.8, 4) is 0 Å². The number of amides is 1. The summed E-state index contributed by atoms with van der Waals surface area (Å²) < 4.78 is 24.9. The third-order valence-electron chi connectivity index (χ3n) is 4.82.